The Kier molecular flexibility index (Phi) is 13.1. The normalized spacial score (nSPS) is 16.6. The molecule has 13 nitrogen and oxygen atoms in total. The number of carbonyl (C=O) groups excluding carboxylic acids is 4. The zero-order chi connectivity index (χ0) is 48.1. The summed E-state index contributed by atoms with van der Waals surface area (Å²) in [6.07, 6.45) is 0.942. The third-order valence-corrected chi connectivity index (χ3v) is 14.8. The molecule has 2 aliphatic heterocycles. The van der Waals surface area contributed by atoms with Crippen LogP contribution in [0.25, 0.3) is 26.6 Å². The van der Waals surface area contributed by atoms with Crippen molar-refractivity contribution in [2.45, 2.75) is 98.8 Å². The standard InChI is InChI=1S/C50H52F2N8O5S2/c1-25-28(4)67-49-39(25)42(55-36(23-38(61)65-9)45-58-57-29(5)60(45)49)32-16-14-31(15-17-32)34-20-21-35(41(52)40(34)51)46(62)56-44(50(6,7)8)48(64)59-22-10-11-37(59)47(63)54-26(2)30-12-18-33(19-13-30)43-27(3)53-24-66-43/h12-21,24,26,36-37,44H,10-11,22-23H2,1-9H3,(H,54,63)(H,56,62). The predicted octanol–water partition coefficient (Wildman–Crippen LogP) is 9.10. The number of esters is 1. The van der Waals surface area contributed by atoms with Gasteiger partial charge < -0.3 is 20.3 Å². The minimum atomic E-state index is -1.37. The molecule has 4 unspecified atom stereocenters. The van der Waals surface area contributed by atoms with Crippen LogP contribution >= 0.6 is 22.7 Å². The third-order valence-electron chi connectivity index (χ3n) is 12.6. The molecule has 5 heterocycles. The molecule has 2 N–H and O–H groups in total. The number of fused-ring (bicyclic) bond motifs is 3. The molecule has 0 radical (unpaired) electrons. The number of aromatic nitrogens is 4. The molecule has 3 aromatic carbocycles. The number of halogens is 2. The lowest BCUT2D eigenvalue weighted by atomic mass is 9.85. The molecule has 6 aromatic rings. The predicted molar refractivity (Wildman–Crippen MR) is 255 cm³/mol. The second-order valence-corrected chi connectivity index (χ2v) is 20.2. The first-order chi connectivity index (χ1) is 31.9. The summed E-state index contributed by atoms with van der Waals surface area (Å²) in [4.78, 5) is 67.5. The highest BCUT2D eigenvalue weighted by molar-refractivity contribution is 7.15. The summed E-state index contributed by atoms with van der Waals surface area (Å²) >= 11 is 3.13. The van der Waals surface area contributed by atoms with Crippen LogP contribution in [0.5, 0.6) is 0 Å². The molecule has 348 valence electrons. The van der Waals surface area contributed by atoms with Gasteiger partial charge in [-0.1, -0.05) is 75.4 Å². The van der Waals surface area contributed by atoms with Gasteiger partial charge in [0.15, 0.2) is 17.5 Å². The number of aliphatic imine (C=N–C) groups is 1. The van der Waals surface area contributed by atoms with Crippen LogP contribution < -0.4 is 10.6 Å². The molecule has 4 atom stereocenters. The summed E-state index contributed by atoms with van der Waals surface area (Å²) in [5.41, 5.74) is 6.65. The van der Waals surface area contributed by atoms with E-state index in [0.717, 1.165) is 42.7 Å². The van der Waals surface area contributed by atoms with E-state index in [-0.39, 0.29) is 23.9 Å². The lowest BCUT2D eigenvalue weighted by Gasteiger charge is -2.35. The summed E-state index contributed by atoms with van der Waals surface area (Å²) < 4.78 is 39.1. The van der Waals surface area contributed by atoms with Crippen molar-refractivity contribution in [3.63, 3.8) is 0 Å². The van der Waals surface area contributed by atoms with Crippen molar-refractivity contribution in [2.24, 2.45) is 10.4 Å². The summed E-state index contributed by atoms with van der Waals surface area (Å²) in [5, 5.41) is 15.3. The number of aryl methyl sites for hydroxylation is 3. The monoisotopic (exact) mass is 946 g/mol. The number of ether oxygens (including phenoxy) is 1. The van der Waals surface area contributed by atoms with E-state index in [0.29, 0.717) is 47.9 Å². The number of methoxy groups -OCH3 is 1. The molecular weight excluding hydrogens is 895 g/mol. The van der Waals surface area contributed by atoms with E-state index in [1.807, 2.05) is 69.0 Å². The number of hydrogen-bond donors (Lipinski definition) is 2. The van der Waals surface area contributed by atoms with Crippen molar-refractivity contribution >= 4 is 52.1 Å². The lowest BCUT2D eigenvalue weighted by Crippen LogP contribution is -2.57. The van der Waals surface area contributed by atoms with E-state index < -0.39 is 58.5 Å². The zero-order valence-electron chi connectivity index (χ0n) is 38.8. The van der Waals surface area contributed by atoms with Crippen molar-refractivity contribution in [2.75, 3.05) is 13.7 Å². The highest BCUT2D eigenvalue weighted by Gasteiger charge is 2.43. The Bertz CT molecular complexity index is 2930. The van der Waals surface area contributed by atoms with Gasteiger partial charge in [-0.05, 0) is 81.2 Å². The molecule has 3 aromatic heterocycles. The maximum absolute atomic E-state index is 16.1. The van der Waals surface area contributed by atoms with Gasteiger partial charge in [0.1, 0.15) is 29.0 Å². The number of likely N-dealkylation sites (tertiary alicyclic amines) is 1. The number of amides is 3. The fourth-order valence-corrected chi connectivity index (χ4v) is 10.8. The Morgan fingerprint density at radius 1 is 0.896 bits per heavy atom. The van der Waals surface area contributed by atoms with Gasteiger partial charge in [0.05, 0.1) is 46.9 Å². The van der Waals surface area contributed by atoms with Gasteiger partial charge in [0.25, 0.3) is 5.91 Å². The van der Waals surface area contributed by atoms with Crippen molar-refractivity contribution in [3.05, 3.63) is 128 Å². The molecule has 3 amide bonds. The van der Waals surface area contributed by atoms with E-state index in [2.05, 4.69) is 25.8 Å². The summed E-state index contributed by atoms with van der Waals surface area (Å²) in [6.45, 7) is 15.3. The number of nitrogens with zero attached hydrogens (tertiary/aromatic N) is 6. The van der Waals surface area contributed by atoms with Crippen molar-refractivity contribution in [1.82, 2.24) is 35.3 Å². The number of thiophene rings is 1. The number of hydrogen-bond acceptors (Lipinski definition) is 11. The van der Waals surface area contributed by atoms with Crippen LogP contribution in [0.4, 0.5) is 8.78 Å². The topological polar surface area (TPSA) is 161 Å². The second-order valence-electron chi connectivity index (χ2n) is 18.1. The number of rotatable bonds is 11. The number of benzene rings is 3. The summed E-state index contributed by atoms with van der Waals surface area (Å²) in [6, 6.07) is 14.3. The molecule has 0 aliphatic carbocycles. The van der Waals surface area contributed by atoms with Crippen LogP contribution in [-0.4, -0.2) is 79.8 Å². The summed E-state index contributed by atoms with van der Waals surface area (Å²) in [7, 11) is 1.31. The average Bonchev–Trinajstić information content (AvgIpc) is 4.10. The van der Waals surface area contributed by atoms with Crippen LogP contribution in [0.15, 0.2) is 71.2 Å². The fraction of sp³-hybridized carbons (Fsp3) is 0.360. The number of thiazole rings is 1. The Labute approximate surface area is 395 Å². The Morgan fingerprint density at radius 3 is 2.24 bits per heavy atom. The van der Waals surface area contributed by atoms with Crippen LogP contribution in [0.3, 0.4) is 0 Å². The average molecular weight is 947 g/mol. The third kappa shape index (κ3) is 9.06. The molecule has 67 heavy (non-hydrogen) atoms. The lowest BCUT2D eigenvalue weighted by molar-refractivity contribution is -0.142. The van der Waals surface area contributed by atoms with Crippen molar-refractivity contribution in [1.29, 1.82) is 0 Å². The van der Waals surface area contributed by atoms with Gasteiger partial charge >= 0.3 is 5.97 Å². The molecule has 1 fully saturated rings. The van der Waals surface area contributed by atoms with Crippen LogP contribution in [0.1, 0.15) is 114 Å². The van der Waals surface area contributed by atoms with E-state index >= 15 is 8.78 Å². The van der Waals surface area contributed by atoms with E-state index in [4.69, 9.17) is 9.73 Å². The molecule has 0 bridgehead atoms. The van der Waals surface area contributed by atoms with Crippen LogP contribution in [0, 0.1) is 44.7 Å². The minimum absolute atomic E-state index is 0.0703. The van der Waals surface area contributed by atoms with Gasteiger partial charge in [0.2, 0.25) is 11.8 Å². The highest BCUT2D eigenvalue weighted by atomic mass is 32.1. The smallest absolute Gasteiger partial charge is 0.308 e. The van der Waals surface area contributed by atoms with E-state index in [1.54, 1.807) is 67.7 Å². The molecule has 2 aliphatic rings. The first kappa shape index (κ1) is 47.0. The van der Waals surface area contributed by atoms with E-state index in [9.17, 15) is 19.2 Å². The second kappa shape index (κ2) is 18.7. The Morgan fingerprint density at radius 2 is 1.58 bits per heavy atom. The number of carbonyl (C=O) groups is 4. The minimum Gasteiger partial charge on any atom is -0.469 e. The Hall–Kier alpha value is -6.46. The largest absolute Gasteiger partial charge is 0.469 e. The quantitative estimate of drug-likeness (QED) is 0.122. The fourth-order valence-electron chi connectivity index (χ4n) is 8.74. The van der Waals surface area contributed by atoms with Gasteiger partial charge in [-0.15, -0.1) is 32.9 Å². The van der Waals surface area contributed by atoms with Gasteiger partial charge in [0, 0.05) is 28.1 Å². The highest BCUT2D eigenvalue weighted by Crippen LogP contribution is 2.40. The first-order valence-electron chi connectivity index (χ1n) is 22.1. The summed E-state index contributed by atoms with van der Waals surface area (Å²) in [5.74, 6) is -3.69. The molecule has 0 saturated carbocycles. The maximum Gasteiger partial charge on any atom is 0.308 e. The first-order valence-corrected chi connectivity index (χ1v) is 23.8. The van der Waals surface area contributed by atoms with Gasteiger partial charge in [-0.25, -0.2) is 13.8 Å². The Balaban J connectivity index is 0.992. The maximum atomic E-state index is 16.1. The SMILES string of the molecule is COC(=O)CC1N=C(c2ccc(-c3ccc(C(=O)NC(C(=O)N4CCCC4C(=O)NC(C)c4ccc(-c5scnc5C)cc4)C(C)(C)C)c(F)c3F)cc2)c2c(sc(C)c2C)-n2c(C)nnc21. The van der Waals surface area contributed by atoms with Crippen LogP contribution in [0.2, 0.25) is 0 Å². The molecule has 8 rings (SSSR count). The molecule has 17 heteroatoms. The molecule has 0 spiro atoms. The van der Waals surface area contributed by atoms with Gasteiger partial charge in [-0.3, -0.25) is 28.7 Å². The number of nitrogens with one attached hydrogen (secondary N) is 2. The molecule has 1 saturated heterocycles. The van der Waals surface area contributed by atoms with E-state index in [1.165, 1.54) is 24.1 Å². The molecular formula is C50H52F2N8O5S2. The van der Waals surface area contributed by atoms with Crippen LogP contribution in [-0.2, 0) is 19.1 Å². The van der Waals surface area contributed by atoms with Crippen molar-refractivity contribution < 1.29 is 32.7 Å². The zero-order valence-corrected chi connectivity index (χ0v) is 40.4. The van der Waals surface area contributed by atoms with Gasteiger partial charge in [-0.2, -0.15) is 0 Å². The van der Waals surface area contributed by atoms with Crippen molar-refractivity contribution in [3.8, 4) is 26.6 Å².